The maximum absolute atomic E-state index is 11.8. The van der Waals surface area contributed by atoms with E-state index < -0.39 is 4.92 Å². The van der Waals surface area contributed by atoms with E-state index in [1.54, 1.807) is 24.1 Å². The number of hydrogen-bond acceptors (Lipinski definition) is 3. The third kappa shape index (κ3) is 4.66. The average molecular weight is 297 g/mol. The second kappa shape index (κ2) is 7.65. The number of likely N-dealkylation sites (N-methyl/N-ethyl adjacent to an activating group) is 1. The van der Waals surface area contributed by atoms with Crippen molar-refractivity contribution in [3.05, 3.63) is 45.0 Å². The molecule has 1 aromatic carbocycles. The predicted molar refractivity (Wildman–Crippen MR) is 79.7 cm³/mol. The van der Waals surface area contributed by atoms with Crippen LogP contribution in [0, 0.1) is 10.1 Å². The highest BCUT2D eigenvalue weighted by Crippen LogP contribution is 2.25. The van der Waals surface area contributed by atoms with Crippen LogP contribution in [0.1, 0.15) is 25.3 Å². The van der Waals surface area contributed by atoms with Crippen LogP contribution in [0.5, 0.6) is 0 Å². The summed E-state index contributed by atoms with van der Waals surface area (Å²) in [5, 5.41) is 10.8. The number of nitro benzene ring substituents is 1. The topological polar surface area (TPSA) is 63.5 Å². The van der Waals surface area contributed by atoms with Gasteiger partial charge in [-0.05, 0) is 24.1 Å². The molecule has 0 aliphatic rings. The molecule has 5 nitrogen and oxygen atoms in total. The third-order valence-corrected chi connectivity index (χ3v) is 3.13. The summed E-state index contributed by atoms with van der Waals surface area (Å²) in [6.45, 7) is 2.75. The molecular formula is C14H17ClN2O3. The molecule has 20 heavy (non-hydrogen) atoms. The van der Waals surface area contributed by atoms with Crippen LogP contribution in [0.25, 0.3) is 6.08 Å². The predicted octanol–water partition coefficient (Wildman–Crippen LogP) is 3.52. The molecule has 0 unspecified atom stereocenters. The lowest BCUT2D eigenvalue weighted by molar-refractivity contribution is -0.384. The van der Waals surface area contributed by atoms with Gasteiger partial charge in [0.25, 0.3) is 5.69 Å². The number of carbonyl (C=O) groups is 1. The first-order chi connectivity index (χ1) is 9.45. The highest BCUT2D eigenvalue weighted by Gasteiger charge is 2.12. The van der Waals surface area contributed by atoms with Gasteiger partial charge in [-0.3, -0.25) is 14.9 Å². The van der Waals surface area contributed by atoms with Crippen molar-refractivity contribution < 1.29 is 9.72 Å². The quantitative estimate of drug-likeness (QED) is 0.458. The summed E-state index contributed by atoms with van der Waals surface area (Å²) >= 11 is 5.72. The Morgan fingerprint density at radius 1 is 1.50 bits per heavy atom. The van der Waals surface area contributed by atoms with E-state index in [9.17, 15) is 14.9 Å². The van der Waals surface area contributed by atoms with E-state index in [4.69, 9.17) is 11.6 Å². The molecule has 0 bridgehead atoms. The molecule has 0 spiro atoms. The molecule has 1 aromatic rings. The van der Waals surface area contributed by atoms with Crippen LogP contribution in [0.4, 0.5) is 5.69 Å². The Morgan fingerprint density at radius 2 is 2.20 bits per heavy atom. The second-order valence-electron chi connectivity index (χ2n) is 4.41. The van der Waals surface area contributed by atoms with Crippen LogP contribution in [0.15, 0.2) is 24.3 Å². The molecule has 1 rings (SSSR count). The smallest absolute Gasteiger partial charge is 0.288 e. The number of hydrogen-bond donors (Lipinski definition) is 0. The first-order valence-electron chi connectivity index (χ1n) is 6.32. The van der Waals surface area contributed by atoms with Crippen LogP contribution >= 0.6 is 11.6 Å². The van der Waals surface area contributed by atoms with Crippen molar-refractivity contribution in [2.75, 3.05) is 13.6 Å². The van der Waals surface area contributed by atoms with Crippen molar-refractivity contribution in [2.24, 2.45) is 0 Å². The summed E-state index contributed by atoms with van der Waals surface area (Å²) in [6.07, 6.45) is 4.92. The van der Waals surface area contributed by atoms with Gasteiger partial charge in [-0.2, -0.15) is 0 Å². The Balaban J connectivity index is 2.77. The van der Waals surface area contributed by atoms with Crippen molar-refractivity contribution >= 4 is 29.3 Å². The van der Waals surface area contributed by atoms with Crippen LogP contribution in [-0.4, -0.2) is 29.3 Å². The number of nitrogens with zero attached hydrogens (tertiary/aromatic N) is 2. The van der Waals surface area contributed by atoms with E-state index in [1.165, 1.54) is 18.2 Å². The van der Waals surface area contributed by atoms with Gasteiger partial charge in [0.2, 0.25) is 5.91 Å². The lowest BCUT2D eigenvalue weighted by Gasteiger charge is -2.13. The maximum atomic E-state index is 11.8. The summed E-state index contributed by atoms with van der Waals surface area (Å²) in [7, 11) is 1.73. The maximum Gasteiger partial charge on any atom is 0.288 e. The van der Waals surface area contributed by atoms with Gasteiger partial charge < -0.3 is 4.90 Å². The minimum absolute atomic E-state index is 0.0820. The lowest BCUT2D eigenvalue weighted by atomic mass is 10.2. The Labute approximate surface area is 123 Å². The highest BCUT2D eigenvalue weighted by molar-refractivity contribution is 6.32. The van der Waals surface area contributed by atoms with Crippen molar-refractivity contribution in [1.82, 2.24) is 4.90 Å². The molecular weight excluding hydrogens is 280 g/mol. The monoisotopic (exact) mass is 296 g/mol. The molecule has 0 heterocycles. The number of amides is 1. The summed E-state index contributed by atoms with van der Waals surface area (Å²) in [5.74, 6) is -0.129. The zero-order chi connectivity index (χ0) is 15.1. The van der Waals surface area contributed by atoms with E-state index in [1.807, 2.05) is 0 Å². The summed E-state index contributed by atoms with van der Waals surface area (Å²) in [4.78, 5) is 23.6. The van der Waals surface area contributed by atoms with Crippen LogP contribution in [-0.2, 0) is 4.79 Å². The van der Waals surface area contributed by atoms with Crippen molar-refractivity contribution in [1.29, 1.82) is 0 Å². The summed E-state index contributed by atoms with van der Waals surface area (Å²) < 4.78 is 0. The van der Waals surface area contributed by atoms with E-state index >= 15 is 0 Å². The minimum atomic E-state index is -0.547. The van der Waals surface area contributed by atoms with E-state index in [-0.39, 0.29) is 16.6 Å². The zero-order valence-electron chi connectivity index (χ0n) is 11.5. The lowest BCUT2D eigenvalue weighted by Crippen LogP contribution is -2.25. The fraction of sp³-hybridized carbons (Fsp3) is 0.357. The first-order valence-corrected chi connectivity index (χ1v) is 6.70. The van der Waals surface area contributed by atoms with Crippen LogP contribution < -0.4 is 0 Å². The molecule has 0 saturated carbocycles. The molecule has 0 aromatic heterocycles. The molecule has 0 fully saturated rings. The zero-order valence-corrected chi connectivity index (χ0v) is 12.3. The van der Waals surface area contributed by atoms with Gasteiger partial charge in [-0.1, -0.05) is 31.0 Å². The Morgan fingerprint density at radius 3 is 2.80 bits per heavy atom. The Hall–Kier alpha value is -1.88. The molecule has 0 radical (unpaired) electrons. The van der Waals surface area contributed by atoms with Gasteiger partial charge in [0.05, 0.1) is 4.92 Å². The van der Waals surface area contributed by atoms with Gasteiger partial charge in [-0.25, -0.2) is 0 Å². The van der Waals surface area contributed by atoms with Gasteiger partial charge in [0.15, 0.2) is 0 Å². The van der Waals surface area contributed by atoms with E-state index in [0.717, 1.165) is 12.8 Å². The molecule has 0 aliphatic carbocycles. The van der Waals surface area contributed by atoms with Crippen LogP contribution in [0.2, 0.25) is 5.02 Å². The Bertz CT molecular complexity index is 529. The molecule has 0 N–H and O–H groups in total. The molecule has 108 valence electrons. The minimum Gasteiger partial charge on any atom is -0.342 e. The first kappa shape index (κ1) is 16.2. The highest BCUT2D eigenvalue weighted by atomic mass is 35.5. The number of rotatable bonds is 6. The molecule has 1 amide bonds. The second-order valence-corrected chi connectivity index (χ2v) is 4.82. The molecule has 0 saturated heterocycles. The van der Waals surface area contributed by atoms with Crippen molar-refractivity contribution in [2.45, 2.75) is 19.8 Å². The van der Waals surface area contributed by atoms with Crippen LogP contribution in [0.3, 0.4) is 0 Å². The summed E-state index contributed by atoms with van der Waals surface area (Å²) in [5.41, 5.74) is 0.402. The van der Waals surface area contributed by atoms with Gasteiger partial charge in [0.1, 0.15) is 5.02 Å². The van der Waals surface area contributed by atoms with Crippen molar-refractivity contribution in [3.8, 4) is 0 Å². The number of benzene rings is 1. The molecule has 6 heteroatoms. The average Bonchev–Trinajstić information content (AvgIpc) is 2.43. The Kier molecular flexibility index (Phi) is 6.18. The molecule has 0 atom stereocenters. The van der Waals surface area contributed by atoms with E-state index in [2.05, 4.69) is 6.92 Å². The fourth-order valence-electron chi connectivity index (χ4n) is 1.57. The number of unbranched alkanes of at least 4 members (excludes halogenated alkanes) is 1. The van der Waals surface area contributed by atoms with Gasteiger partial charge in [0, 0.05) is 25.7 Å². The third-order valence-electron chi connectivity index (χ3n) is 2.81. The fourth-order valence-corrected chi connectivity index (χ4v) is 1.76. The number of halogens is 1. The molecule has 0 aliphatic heterocycles. The van der Waals surface area contributed by atoms with Gasteiger partial charge >= 0.3 is 0 Å². The van der Waals surface area contributed by atoms with Crippen molar-refractivity contribution in [3.63, 3.8) is 0 Å². The van der Waals surface area contributed by atoms with Gasteiger partial charge in [-0.15, -0.1) is 0 Å². The SMILES string of the molecule is CCCCN(C)C(=O)/C=C/c1ccc(Cl)c([N+](=O)[O-])c1. The standard InChI is InChI=1S/C14H17ClN2O3/c1-3-4-9-16(2)14(18)8-6-11-5-7-12(15)13(10-11)17(19)20/h5-8,10H,3-4,9H2,1-2H3/b8-6+. The largest absolute Gasteiger partial charge is 0.342 e. The normalized spacial score (nSPS) is 10.8. The van der Waals surface area contributed by atoms with E-state index in [0.29, 0.717) is 12.1 Å². The summed E-state index contributed by atoms with van der Waals surface area (Å²) in [6, 6.07) is 4.42. The number of nitro groups is 1. The number of carbonyl (C=O) groups excluding carboxylic acids is 1.